The number of fused-ring (bicyclic) bond motifs is 2. The van der Waals surface area contributed by atoms with Gasteiger partial charge in [0.15, 0.2) is 11.6 Å². The molecule has 7 nitrogen and oxygen atoms in total. The highest BCUT2D eigenvalue weighted by atomic mass is 19.1. The summed E-state index contributed by atoms with van der Waals surface area (Å²) in [6.07, 6.45) is 1.83. The molecule has 0 bridgehead atoms. The number of benzene rings is 1. The summed E-state index contributed by atoms with van der Waals surface area (Å²) >= 11 is 0. The van der Waals surface area contributed by atoms with Crippen LogP contribution in [0.1, 0.15) is 36.7 Å². The van der Waals surface area contributed by atoms with Gasteiger partial charge in [-0.15, -0.1) is 0 Å². The van der Waals surface area contributed by atoms with E-state index in [1.807, 2.05) is 19.9 Å². The van der Waals surface area contributed by atoms with Crippen molar-refractivity contribution in [1.29, 1.82) is 0 Å². The van der Waals surface area contributed by atoms with Crippen LogP contribution in [0.15, 0.2) is 24.4 Å². The average molecular weight is 435 g/mol. The number of nitrogens with two attached hydrogens (primary N) is 1. The summed E-state index contributed by atoms with van der Waals surface area (Å²) in [6.45, 7) is 5.43. The lowest BCUT2D eigenvalue weighted by Gasteiger charge is -2.18. The van der Waals surface area contributed by atoms with Gasteiger partial charge in [-0.3, -0.25) is 4.68 Å². The van der Waals surface area contributed by atoms with Crippen LogP contribution in [-0.2, 0) is 20.0 Å². The highest BCUT2D eigenvalue weighted by Crippen LogP contribution is 2.35. The van der Waals surface area contributed by atoms with Crippen LogP contribution in [0, 0.1) is 11.6 Å². The Balaban J connectivity index is 1.68. The third-order valence-corrected chi connectivity index (χ3v) is 5.84. The molecule has 9 heteroatoms. The first-order valence-corrected chi connectivity index (χ1v) is 10.5. The molecule has 4 heterocycles. The van der Waals surface area contributed by atoms with E-state index in [0.717, 1.165) is 36.1 Å². The Kier molecular flexibility index (Phi) is 4.85. The summed E-state index contributed by atoms with van der Waals surface area (Å²) in [4.78, 5) is 13.0. The molecule has 1 aliphatic heterocycles. The minimum Gasteiger partial charge on any atom is -0.383 e. The summed E-state index contributed by atoms with van der Waals surface area (Å²) in [6, 6.07) is 5.06. The highest BCUT2D eigenvalue weighted by molar-refractivity contribution is 5.88. The van der Waals surface area contributed by atoms with Crippen molar-refractivity contribution in [1.82, 2.24) is 30.0 Å². The second-order valence-corrected chi connectivity index (χ2v) is 8.33. The molecule has 0 saturated heterocycles. The van der Waals surface area contributed by atoms with E-state index in [2.05, 4.69) is 25.4 Å². The van der Waals surface area contributed by atoms with Crippen molar-refractivity contribution >= 4 is 16.7 Å². The Morgan fingerprint density at radius 1 is 1.16 bits per heavy atom. The fraction of sp³-hybridized carbons (Fsp3) is 0.304. The van der Waals surface area contributed by atoms with Gasteiger partial charge in [-0.1, -0.05) is 13.8 Å². The van der Waals surface area contributed by atoms with E-state index in [1.165, 1.54) is 6.07 Å². The van der Waals surface area contributed by atoms with Crippen molar-refractivity contribution in [2.24, 2.45) is 7.05 Å². The molecule has 0 amide bonds. The molecule has 0 saturated carbocycles. The van der Waals surface area contributed by atoms with Crippen LogP contribution in [0.5, 0.6) is 0 Å². The normalized spacial score (nSPS) is 13.7. The average Bonchev–Trinajstić information content (AvgIpc) is 3.11. The Morgan fingerprint density at radius 2 is 1.97 bits per heavy atom. The van der Waals surface area contributed by atoms with Gasteiger partial charge in [-0.2, -0.15) is 5.10 Å². The van der Waals surface area contributed by atoms with E-state index in [4.69, 9.17) is 5.73 Å². The smallest absolute Gasteiger partial charge is 0.167 e. The topological polar surface area (TPSA) is 94.5 Å². The zero-order valence-electron chi connectivity index (χ0n) is 18.1. The first-order chi connectivity index (χ1) is 15.3. The Morgan fingerprint density at radius 3 is 2.75 bits per heavy atom. The van der Waals surface area contributed by atoms with Gasteiger partial charge in [0, 0.05) is 37.8 Å². The summed E-state index contributed by atoms with van der Waals surface area (Å²) < 4.78 is 32.2. The molecule has 164 valence electrons. The third kappa shape index (κ3) is 3.20. The van der Waals surface area contributed by atoms with Crippen molar-refractivity contribution in [3.05, 3.63) is 53.0 Å². The monoisotopic (exact) mass is 435 g/mol. The van der Waals surface area contributed by atoms with Gasteiger partial charge in [0.25, 0.3) is 0 Å². The molecule has 0 unspecified atom stereocenters. The van der Waals surface area contributed by atoms with Gasteiger partial charge < -0.3 is 11.1 Å². The summed E-state index contributed by atoms with van der Waals surface area (Å²) in [5.74, 6) is -0.754. The standard InChI is InChI=1S/C23H23F2N7/c1-11(2)21-18-17(31-32(21)3)5-4-13(19(18)25)20-15(24)10-28-23(30-20)14-8-12-9-27-7-6-16(12)29-22(14)26/h4-5,8,10-11,27H,6-7,9H2,1-3H3,(H2,26,29). The highest BCUT2D eigenvalue weighted by Gasteiger charge is 2.23. The van der Waals surface area contributed by atoms with Crippen molar-refractivity contribution in [2.75, 3.05) is 12.3 Å². The van der Waals surface area contributed by atoms with Gasteiger partial charge in [0.2, 0.25) is 0 Å². The fourth-order valence-electron chi connectivity index (χ4n) is 4.39. The van der Waals surface area contributed by atoms with Gasteiger partial charge in [0.1, 0.15) is 17.3 Å². The molecular weight excluding hydrogens is 412 g/mol. The number of aromatic nitrogens is 5. The minimum absolute atomic E-state index is 0.0375. The number of nitrogen functional groups attached to an aromatic ring is 1. The van der Waals surface area contributed by atoms with Crippen LogP contribution in [-0.4, -0.2) is 31.3 Å². The number of aryl methyl sites for hydroxylation is 1. The summed E-state index contributed by atoms with van der Waals surface area (Å²) in [5.41, 5.74) is 9.79. The number of rotatable bonds is 3. The third-order valence-electron chi connectivity index (χ3n) is 5.84. The SMILES string of the molecule is CC(C)c1c2c(F)c(-c3nc(-c4cc5c(nc4N)CCNC5)ncc3F)ccc2nn1C. The number of halogens is 2. The van der Waals surface area contributed by atoms with Crippen molar-refractivity contribution in [3.63, 3.8) is 0 Å². The molecule has 3 aromatic heterocycles. The van der Waals surface area contributed by atoms with E-state index in [1.54, 1.807) is 17.8 Å². The van der Waals surface area contributed by atoms with E-state index in [-0.39, 0.29) is 28.8 Å². The van der Waals surface area contributed by atoms with Crippen LogP contribution in [0.4, 0.5) is 14.6 Å². The number of nitrogens with one attached hydrogen (secondary N) is 1. The second kappa shape index (κ2) is 7.59. The molecule has 0 atom stereocenters. The van der Waals surface area contributed by atoms with Gasteiger partial charge >= 0.3 is 0 Å². The number of pyridine rings is 1. The first kappa shape index (κ1) is 20.4. The lowest BCUT2D eigenvalue weighted by atomic mass is 10.0. The van der Waals surface area contributed by atoms with Crippen LogP contribution in [0.3, 0.4) is 0 Å². The van der Waals surface area contributed by atoms with Crippen LogP contribution >= 0.6 is 0 Å². The molecule has 0 spiro atoms. The maximum Gasteiger partial charge on any atom is 0.167 e. The first-order valence-electron chi connectivity index (χ1n) is 10.5. The summed E-state index contributed by atoms with van der Waals surface area (Å²) in [5, 5.41) is 8.05. The molecule has 0 radical (unpaired) electrons. The maximum atomic E-state index is 15.7. The van der Waals surface area contributed by atoms with E-state index in [0.29, 0.717) is 23.0 Å². The zero-order valence-corrected chi connectivity index (χ0v) is 18.1. The predicted octanol–water partition coefficient (Wildman–Crippen LogP) is 3.72. The lowest BCUT2D eigenvalue weighted by Crippen LogP contribution is -2.25. The van der Waals surface area contributed by atoms with Crippen LogP contribution in [0.25, 0.3) is 33.5 Å². The Bertz CT molecular complexity index is 1360. The molecule has 1 aromatic carbocycles. The molecule has 3 N–H and O–H groups in total. The van der Waals surface area contributed by atoms with Gasteiger partial charge in [-0.25, -0.2) is 23.7 Å². The van der Waals surface area contributed by atoms with Crippen molar-refractivity contribution < 1.29 is 8.78 Å². The second-order valence-electron chi connectivity index (χ2n) is 8.33. The molecule has 1 aliphatic rings. The molecule has 5 rings (SSSR count). The number of hydrogen-bond acceptors (Lipinski definition) is 6. The quantitative estimate of drug-likeness (QED) is 0.509. The molecule has 4 aromatic rings. The van der Waals surface area contributed by atoms with Crippen LogP contribution < -0.4 is 11.1 Å². The number of nitrogens with zero attached hydrogens (tertiary/aromatic N) is 5. The Labute approximate surface area is 183 Å². The summed E-state index contributed by atoms with van der Waals surface area (Å²) in [7, 11) is 1.78. The molecule has 32 heavy (non-hydrogen) atoms. The maximum absolute atomic E-state index is 15.7. The molecular formula is C23H23F2N7. The Hall–Kier alpha value is -3.46. The molecule has 0 aliphatic carbocycles. The predicted molar refractivity (Wildman–Crippen MR) is 119 cm³/mol. The largest absolute Gasteiger partial charge is 0.383 e. The van der Waals surface area contributed by atoms with Crippen molar-refractivity contribution in [3.8, 4) is 22.6 Å². The van der Waals surface area contributed by atoms with Crippen molar-refractivity contribution in [2.45, 2.75) is 32.7 Å². The van der Waals surface area contributed by atoms with Gasteiger partial charge in [0.05, 0.1) is 28.4 Å². The number of anilines is 1. The number of hydrogen-bond donors (Lipinski definition) is 2. The van der Waals surface area contributed by atoms with Gasteiger partial charge in [-0.05, 0) is 29.7 Å². The minimum atomic E-state index is -0.715. The lowest BCUT2D eigenvalue weighted by molar-refractivity contribution is 0.609. The van der Waals surface area contributed by atoms with E-state index < -0.39 is 11.6 Å². The fourth-order valence-corrected chi connectivity index (χ4v) is 4.39. The zero-order chi connectivity index (χ0) is 22.6. The molecule has 0 fully saturated rings. The van der Waals surface area contributed by atoms with E-state index in [9.17, 15) is 4.39 Å². The van der Waals surface area contributed by atoms with E-state index >= 15 is 4.39 Å². The van der Waals surface area contributed by atoms with Crippen LogP contribution in [0.2, 0.25) is 0 Å².